The van der Waals surface area contributed by atoms with Gasteiger partial charge in [-0.3, -0.25) is 4.79 Å². The molecule has 0 bridgehead atoms. The van der Waals surface area contributed by atoms with E-state index in [1.807, 2.05) is 0 Å². The van der Waals surface area contributed by atoms with Gasteiger partial charge in [-0.15, -0.1) is 0 Å². The van der Waals surface area contributed by atoms with Gasteiger partial charge in [0.1, 0.15) is 0 Å². The van der Waals surface area contributed by atoms with Crippen molar-refractivity contribution in [3.63, 3.8) is 0 Å². The van der Waals surface area contributed by atoms with Gasteiger partial charge in [-0.1, -0.05) is 19.3 Å². The van der Waals surface area contributed by atoms with Crippen molar-refractivity contribution >= 4 is 0 Å². The Hall–Kier alpha value is -1.30. The Balaban J connectivity index is 1.83. The summed E-state index contributed by atoms with van der Waals surface area (Å²) in [6.45, 7) is 1.65. The summed E-state index contributed by atoms with van der Waals surface area (Å²) in [7, 11) is 0. The van der Waals surface area contributed by atoms with Gasteiger partial charge in [0.15, 0.2) is 0 Å². The van der Waals surface area contributed by atoms with Gasteiger partial charge in [0.05, 0.1) is 5.56 Å². The summed E-state index contributed by atoms with van der Waals surface area (Å²) in [6, 6.07) is 1.80. The Kier molecular flexibility index (Phi) is 5.45. The fraction of sp³-hybridized carbons (Fsp3) is 0.667. The number of hydrogen-bond donors (Lipinski definition) is 1. The minimum absolute atomic E-state index is 0.259. The maximum absolute atomic E-state index is 12.6. The van der Waals surface area contributed by atoms with E-state index in [0.29, 0.717) is 12.5 Å². The van der Waals surface area contributed by atoms with Crippen LogP contribution in [0, 0.1) is 5.92 Å². The quantitative estimate of drug-likeness (QED) is 0.848. The summed E-state index contributed by atoms with van der Waals surface area (Å²) in [5, 5.41) is 3.25. The smallest absolute Gasteiger partial charge is 0.315 e. The van der Waals surface area contributed by atoms with Crippen molar-refractivity contribution in [1.29, 1.82) is 0 Å². The van der Waals surface area contributed by atoms with E-state index < -0.39 is 17.3 Å². The van der Waals surface area contributed by atoms with Gasteiger partial charge in [-0.2, -0.15) is 13.2 Å². The van der Waals surface area contributed by atoms with E-state index in [1.54, 1.807) is 0 Å². The molecular formula is C15H21F3N2O. The number of rotatable bonds is 5. The zero-order valence-electron chi connectivity index (χ0n) is 12.0. The second-order valence-electron chi connectivity index (χ2n) is 5.66. The third kappa shape index (κ3) is 4.88. The first-order valence-corrected chi connectivity index (χ1v) is 7.45. The number of halogens is 3. The molecule has 0 aromatic carbocycles. The lowest BCUT2D eigenvalue weighted by Crippen LogP contribution is -2.30. The van der Waals surface area contributed by atoms with Crippen LogP contribution in [-0.4, -0.2) is 17.7 Å². The van der Waals surface area contributed by atoms with Crippen molar-refractivity contribution in [3.05, 3.63) is 34.2 Å². The normalized spacial score (nSPS) is 17.1. The number of alkyl halides is 3. The van der Waals surface area contributed by atoms with Crippen LogP contribution >= 0.6 is 0 Å². The van der Waals surface area contributed by atoms with Crippen molar-refractivity contribution in [3.8, 4) is 0 Å². The SMILES string of the molecule is O=c1ccc(C(F)(F)F)cn1CCNCC1CCCCC1. The highest BCUT2D eigenvalue weighted by molar-refractivity contribution is 5.13. The monoisotopic (exact) mass is 302 g/mol. The molecule has 0 unspecified atom stereocenters. The van der Waals surface area contributed by atoms with Gasteiger partial charge in [0, 0.05) is 25.4 Å². The lowest BCUT2D eigenvalue weighted by Gasteiger charge is -2.21. The first-order valence-electron chi connectivity index (χ1n) is 7.45. The van der Waals surface area contributed by atoms with Crippen molar-refractivity contribution < 1.29 is 13.2 Å². The predicted molar refractivity (Wildman–Crippen MR) is 75.1 cm³/mol. The second kappa shape index (κ2) is 7.11. The molecule has 6 heteroatoms. The van der Waals surface area contributed by atoms with Crippen LogP contribution < -0.4 is 10.9 Å². The molecule has 1 fully saturated rings. The standard InChI is InChI=1S/C15H21F3N2O/c16-15(17,18)13-6-7-14(21)20(11-13)9-8-19-10-12-4-2-1-3-5-12/h6-7,11-12,19H,1-5,8-10H2. The van der Waals surface area contributed by atoms with Gasteiger partial charge in [-0.25, -0.2) is 0 Å². The van der Waals surface area contributed by atoms with Gasteiger partial charge in [0.2, 0.25) is 0 Å². The first-order chi connectivity index (χ1) is 9.97. The molecule has 1 aliphatic rings. The van der Waals surface area contributed by atoms with E-state index >= 15 is 0 Å². The minimum Gasteiger partial charge on any atom is -0.315 e. The van der Waals surface area contributed by atoms with E-state index in [4.69, 9.17) is 0 Å². The molecule has 1 aromatic heterocycles. The zero-order chi connectivity index (χ0) is 15.3. The van der Waals surface area contributed by atoms with Crippen LogP contribution in [0.15, 0.2) is 23.1 Å². The Bertz CT molecular complexity index is 504. The number of nitrogens with one attached hydrogen (secondary N) is 1. The van der Waals surface area contributed by atoms with Crippen molar-refractivity contribution in [2.75, 3.05) is 13.1 Å². The van der Waals surface area contributed by atoms with Gasteiger partial charge in [-0.05, 0) is 31.4 Å². The third-order valence-corrected chi connectivity index (χ3v) is 4.00. The molecule has 21 heavy (non-hydrogen) atoms. The summed E-state index contributed by atoms with van der Waals surface area (Å²) >= 11 is 0. The van der Waals surface area contributed by atoms with Crippen LogP contribution in [0.2, 0.25) is 0 Å². The maximum atomic E-state index is 12.6. The maximum Gasteiger partial charge on any atom is 0.417 e. The molecule has 1 N–H and O–H groups in total. The van der Waals surface area contributed by atoms with Crippen molar-refractivity contribution in [2.45, 2.75) is 44.8 Å². The Morgan fingerprint density at radius 1 is 1.19 bits per heavy atom. The molecule has 1 heterocycles. The fourth-order valence-electron chi connectivity index (χ4n) is 2.77. The summed E-state index contributed by atoms with van der Waals surface area (Å²) in [4.78, 5) is 11.6. The van der Waals surface area contributed by atoms with Gasteiger partial charge >= 0.3 is 6.18 Å². The van der Waals surface area contributed by atoms with Crippen LogP contribution in [0.25, 0.3) is 0 Å². The highest BCUT2D eigenvalue weighted by Crippen LogP contribution is 2.28. The van der Waals surface area contributed by atoms with Crippen LogP contribution in [0.1, 0.15) is 37.7 Å². The Morgan fingerprint density at radius 3 is 2.57 bits per heavy atom. The van der Waals surface area contributed by atoms with Crippen LogP contribution in [-0.2, 0) is 12.7 Å². The molecule has 1 saturated carbocycles. The van der Waals surface area contributed by atoms with E-state index in [1.165, 1.54) is 32.1 Å². The second-order valence-corrected chi connectivity index (χ2v) is 5.66. The predicted octanol–water partition coefficient (Wildman–Crippen LogP) is 3.04. The molecule has 3 nitrogen and oxygen atoms in total. The molecule has 1 aromatic rings. The molecule has 0 aliphatic heterocycles. The number of aromatic nitrogens is 1. The average molecular weight is 302 g/mol. The molecule has 118 valence electrons. The summed E-state index contributed by atoms with van der Waals surface area (Å²) < 4.78 is 38.9. The molecular weight excluding hydrogens is 281 g/mol. The van der Waals surface area contributed by atoms with E-state index in [-0.39, 0.29) is 6.54 Å². The lowest BCUT2D eigenvalue weighted by molar-refractivity contribution is -0.138. The summed E-state index contributed by atoms with van der Waals surface area (Å²) in [5.74, 6) is 0.664. The van der Waals surface area contributed by atoms with Crippen LogP contribution in [0.4, 0.5) is 13.2 Å². The fourth-order valence-corrected chi connectivity index (χ4v) is 2.77. The van der Waals surface area contributed by atoms with Crippen LogP contribution in [0.3, 0.4) is 0 Å². The topological polar surface area (TPSA) is 34.0 Å². The van der Waals surface area contributed by atoms with Crippen molar-refractivity contribution in [2.24, 2.45) is 5.92 Å². The zero-order valence-corrected chi connectivity index (χ0v) is 12.0. The molecule has 2 rings (SSSR count). The highest BCUT2D eigenvalue weighted by Gasteiger charge is 2.30. The van der Waals surface area contributed by atoms with E-state index in [2.05, 4.69) is 5.32 Å². The molecule has 0 radical (unpaired) electrons. The lowest BCUT2D eigenvalue weighted by atomic mass is 9.89. The largest absolute Gasteiger partial charge is 0.417 e. The summed E-state index contributed by atoms with van der Waals surface area (Å²) in [5.41, 5.74) is -1.18. The average Bonchev–Trinajstić information content (AvgIpc) is 2.45. The van der Waals surface area contributed by atoms with Crippen molar-refractivity contribution in [1.82, 2.24) is 9.88 Å². The molecule has 0 amide bonds. The van der Waals surface area contributed by atoms with E-state index in [9.17, 15) is 18.0 Å². The van der Waals surface area contributed by atoms with E-state index in [0.717, 1.165) is 29.4 Å². The minimum atomic E-state index is -4.41. The third-order valence-electron chi connectivity index (χ3n) is 4.00. The molecule has 0 atom stereocenters. The highest BCUT2D eigenvalue weighted by atomic mass is 19.4. The van der Waals surface area contributed by atoms with Gasteiger partial charge < -0.3 is 9.88 Å². The Morgan fingerprint density at radius 2 is 1.90 bits per heavy atom. The first kappa shape index (κ1) is 16.1. The molecule has 0 spiro atoms. The summed E-state index contributed by atoms with van der Waals surface area (Å²) in [6.07, 6.45) is 2.75. The number of pyridine rings is 1. The Labute approximate surface area is 122 Å². The number of nitrogens with zero attached hydrogens (tertiary/aromatic N) is 1. The number of hydrogen-bond acceptors (Lipinski definition) is 2. The van der Waals surface area contributed by atoms with Crippen LogP contribution in [0.5, 0.6) is 0 Å². The van der Waals surface area contributed by atoms with Gasteiger partial charge in [0.25, 0.3) is 5.56 Å². The molecule has 0 saturated heterocycles. The molecule has 1 aliphatic carbocycles.